The van der Waals surface area contributed by atoms with Crippen LogP contribution in [0.15, 0.2) is 24.3 Å². The minimum Gasteiger partial charge on any atom is -0.383 e. The molecule has 3 N–H and O–H groups in total. The molecule has 1 aromatic heterocycles. The van der Waals surface area contributed by atoms with Crippen molar-refractivity contribution in [2.45, 2.75) is 25.8 Å². The lowest BCUT2D eigenvalue weighted by Gasteiger charge is -2.15. The number of anilines is 1. The highest BCUT2D eigenvalue weighted by molar-refractivity contribution is 5.93. The summed E-state index contributed by atoms with van der Waals surface area (Å²) in [5.74, 6) is 0.612. The van der Waals surface area contributed by atoms with Crippen LogP contribution in [0.25, 0.3) is 10.9 Å². The molecule has 1 saturated carbocycles. The summed E-state index contributed by atoms with van der Waals surface area (Å²) in [6, 6.07) is 6.77. The smallest absolute Gasteiger partial charge is 0.270 e. The topological polar surface area (TPSA) is 94.1 Å². The van der Waals surface area contributed by atoms with E-state index in [1.807, 2.05) is 13.0 Å². The fourth-order valence-corrected chi connectivity index (χ4v) is 2.52. The number of hydrogen-bond donors (Lipinski definition) is 2. The van der Waals surface area contributed by atoms with Crippen LogP contribution in [-0.4, -0.2) is 22.5 Å². The fourth-order valence-electron chi connectivity index (χ4n) is 2.52. The van der Waals surface area contributed by atoms with Crippen molar-refractivity contribution in [3.05, 3.63) is 40.1 Å². The molecule has 1 unspecified atom stereocenters. The third kappa shape index (κ3) is 2.95. The van der Waals surface area contributed by atoms with E-state index in [0.717, 1.165) is 22.3 Å². The summed E-state index contributed by atoms with van der Waals surface area (Å²) in [5.41, 5.74) is 8.66. The number of aryl methyl sites for hydroxylation is 1. The van der Waals surface area contributed by atoms with Crippen molar-refractivity contribution in [1.29, 1.82) is 0 Å². The van der Waals surface area contributed by atoms with Gasteiger partial charge in [-0.15, -0.1) is 0 Å². The Balaban J connectivity index is 1.94. The lowest BCUT2D eigenvalue weighted by atomic mass is 10.1. The number of nitro benzene ring substituents is 1. The van der Waals surface area contributed by atoms with Crippen molar-refractivity contribution in [1.82, 2.24) is 4.98 Å². The number of nitro groups is 1. The maximum Gasteiger partial charge on any atom is 0.270 e. The van der Waals surface area contributed by atoms with E-state index in [9.17, 15) is 10.1 Å². The van der Waals surface area contributed by atoms with Crippen LogP contribution in [0.3, 0.4) is 0 Å². The zero-order valence-corrected chi connectivity index (χ0v) is 11.9. The molecular formula is C15H18N4O2. The van der Waals surface area contributed by atoms with Crippen molar-refractivity contribution < 1.29 is 4.92 Å². The Hall–Kier alpha value is -2.21. The normalized spacial score (nSPS) is 15.9. The highest BCUT2D eigenvalue weighted by Gasteiger charge is 2.28. The van der Waals surface area contributed by atoms with Gasteiger partial charge in [-0.2, -0.15) is 0 Å². The van der Waals surface area contributed by atoms with Crippen LogP contribution in [0.2, 0.25) is 0 Å². The Morgan fingerprint density at radius 1 is 1.48 bits per heavy atom. The van der Waals surface area contributed by atoms with Crippen LogP contribution in [0.5, 0.6) is 0 Å². The molecule has 3 rings (SSSR count). The van der Waals surface area contributed by atoms with E-state index < -0.39 is 0 Å². The van der Waals surface area contributed by atoms with Gasteiger partial charge < -0.3 is 11.1 Å². The van der Waals surface area contributed by atoms with Gasteiger partial charge in [0.05, 0.1) is 10.4 Å². The van der Waals surface area contributed by atoms with Crippen molar-refractivity contribution in [2.24, 2.45) is 11.7 Å². The quantitative estimate of drug-likeness (QED) is 0.651. The van der Waals surface area contributed by atoms with Gasteiger partial charge >= 0.3 is 0 Å². The maximum atomic E-state index is 10.9. The molecule has 1 aromatic carbocycles. The minimum atomic E-state index is -0.390. The van der Waals surface area contributed by atoms with E-state index in [0.29, 0.717) is 12.5 Å². The van der Waals surface area contributed by atoms with E-state index in [2.05, 4.69) is 10.3 Å². The van der Waals surface area contributed by atoms with Crippen LogP contribution in [-0.2, 0) is 0 Å². The first-order valence-corrected chi connectivity index (χ1v) is 7.10. The minimum absolute atomic E-state index is 0.0719. The molecule has 1 heterocycles. The molecule has 0 amide bonds. The molecule has 1 aliphatic rings. The molecule has 1 atom stereocenters. The number of rotatable bonds is 5. The Kier molecular flexibility index (Phi) is 3.47. The number of benzene rings is 1. The van der Waals surface area contributed by atoms with Gasteiger partial charge in [0, 0.05) is 41.5 Å². The molecule has 1 aliphatic carbocycles. The van der Waals surface area contributed by atoms with Gasteiger partial charge in [-0.25, -0.2) is 0 Å². The monoisotopic (exact) mass is 286 g/mol. The van der Waals surface area contributed by atoms with Gasteiger partial charge in [-0.3, -0.25) is 15.1 Å². The van der Waals surface area contributed by atoms with E-state index in [-0.39, 0.29) is 16.7 Å². The molecular weight excluding hydrogens is 268 g/mol. The molecule has 1 fully saturated rings. The molecule has 2 aromatic rings. The van der Waals surface area contributed by atoms with Crippen molar-refractivity contribution in [3.8, 4) is 0 Å². The predicted octanol–water partition coefficient (Wildman–Crippen LogP) is 2.60. The summed E-state index contributed by atoms with van der Waals surface area (Å²) in [5, 5.41) is 15.0. The molecule has 0 radical (unpaired) electrons. The Bertz CT molecular complexity index is 697. The second kappa shape index (κ2) is 5.29. The predicted molar refractivity (Wildman–Crippen MR) is 82.3 cm³/mol. The lowest BCUT2D eigenvalue weighted by Crippen LogP contribution is -2.31. The molecule has 21 heavy (non-hydrogen) atoms. The van der Waals surface area contributed by atoms with Crippen LogP contribution in [0.1, 0.15) is 18.5 Å². The van der Waals surface area contributed by atoms with Gasteiger partial charge in [0.1, 0.15) is 0 Å². The zero-order chi connectivity index (χ0) is 15.0. The first-order valence-electron chi connectivity index (χ1n) is 7.10. The van der Waals surface area contributed by atoms with E-state index in [1.54, 1.807) is 12.1 Å². The van der Waals surface area contributed by atoms with Crippen LogP contribution in [0, 0.1) is 23.0 Å². The standard InChI is InChI=1S/C15H18N4O2/c1-9-6-15(17-8-13(16)10-2-3-10)12-7-11(19(20)21)4-5-14(12)18-9/h4-7,10,13H,2-3,8,16H2,1H3,(H,17,18). The summed E-state index contributed by atoms with van der Waals surface area (Å²) in [6.07, 6.45) is 2.40. The number of aromatic nitrogens is 1. The number of nitrogens with one attached hydrogen (secondary N) is 1. The SMILES string of the molecule is Cc1cc(NCC(N)C2CC2)c2cc([N+](=O)[O-])ccc2n1. The summed E-state index contributed by atoms with van der Waals surface area (Å²) in [4.78, 5) is 15.0. The Morgan fingerprint density at radius 3 is 2.90 bits per heavy atom. The van der Waals surface area contributed by atoms with Crippen molar-refractivity contribution in [3.63, 3.8) is 0 Å². The second-order valence-electron chi connectivity index (χ2n) is 5.65. The average molecular weight is 286 g/mol. The molecule has 0 spiro atoms. The van der Waals surface area contributed by atoms with E-state index in [1.165, 1.54) is 18.9 Å². The highest BCUT2D eigenvalue weighted by Crippen LogP contribution is 2.32. The third-order valence-electron chi connectivity index (χ3n) is 3.89. The molecule has 0 bridgehead atoms. The largest absolute Gasteiger partial charge is 0.383 e. The van der Waals surface area contributed by atoms with Crippen LogP contribution in [0.4, 0.5) is 11.4 Å². The molecule has 0 saturated heterocycles. The Morgan fingerprint density at radius 2 is 2.24 bits per heavy atom. The van der Waals surface area contributed by atoms with Crippen LogP contribution < -0.4 is 11.1 Å². The van der Waals surface area contributed by atoms with E-state index >= 15 is 0 Å². The second-order valence-corrected chi connectivity index (χ2v) is 5.65. The number of pyridine rings is 1. The number of hydrogen-bond acceptors (Lipinski definition) is 5. The zero-order valence-electron chi connectivity index (χ0n) is 11.9. The number of nitrogens with zero attached hydrogens (tertiary/aromatic N) is 2. The Labute approximate surface area is 122 Å². The molecule has 6 heteroatoms. The third-order valence-corrected chi connectivity index (χ3v) is 3.89. The van der Waals surface area contributed by atoms with Gasteiger partial charge in [-0.1, -0.05) is 0 Å². The fraction of sp³-hybridized carbons (Fsp3) is 0.400. The average Bonchev–Trinajstić information content (AvgIpc) is 3.28. The molecule has 0 aliphatic heterocycles. The summed E-state index contributed by atoms with van der Waals surface area (Å²) >= 11 is 0. The van der Waals surface area contributed by atoms with Crippen LogP contribution >= 0.6 is 0 Å². The van der Waals surface area contributed by atoms with Gasteiger partial charge in [0.25, 0.3) is 5.69 Å². The van der Waals surface area contributed by atoms with Crippen molar-refractivity contribution in [2.75, 3.05) is 11.9 Å². The summed E-state index contributed by atoms with van der Waals surface area (Å²) in [6.45, 7) is 2.58. The first kappa shape index (κ1) is 13.8. The lowest BCUT2D eigenvalue weighted by molar-refractivity contribution is -0.384. The molecule has 110 valence electrons. The number of fused-ring (bicyclic) bond motifs is 1. The maximum absolute atomic E-state index is 10.9. The number of nitrogens with two attached hydrogens (primary N) is 1. The highest BCUT2D eigenvalue weighted by atomic mass is 16.6. The van der Waals surface area contributed by atoms with Gasteiger partial charge in [-0.05, 0) is 37.8 Å². The van der Waals surface area contributed by atoms with Gasteiger partial charge in [0.2, 0.25) is 0 Å². The van der Waals surface area contributed by atoms with Gasteiger partial charge in [0.15, 0.2) is 0 Å². The molecule has 6 nitrogen and oxygen atoms in total. The number of non-ortho nitro benzene ring substituents is 1. The summed E-state index contributed by atoms with van der Waals surface area (Å²) in [7, 11) is 0. The van der Waals surface area contributed by atoms with Crippen molar-refractivity contribution >= 4 is 22.3 Å². The first-order chi connectivity index (χ1) is 10.0. The summed E-state index contributed by atoms with van der Waals surface area (Å²) < 4.78 is 0. The van der Waals surface area contributed by atoms with E-state index in [4.69, 9.17) is 5.73 Å².